The van der Waals surface area contributed by atoms with Gasteiger partial charge in [-0.25, -0.2) is 0 Å². The van der Waals surface area contributed by atoms with E-state index in [4.69, 9.17) is 5.73 Å². The fourth-order valence-electron chi connectivity index (χ4n) is 4.94. The zero-order valence-corrected chi connectivity index (χ0v) is 16.5. The van der Waals surface area contributed by atoms with Gasteiger partial charge in [-0.2, -0.15) is 0 Å². The van der Waals surface area contributed by atoms with Gasteiger partial charge < -0.3 is 31.1 Å². The average Bonchev–Trinajstić information content (AvgIpc) is 2.64. The van der Waals surface area contributed by atoms with Gasteiger partial charge in [-0.3, -0.25) is 14.4 Å². The summed E-state index contributed by atoms with van der Waals surface area (Å²) in [5.41, 5.74) is 2.71. The van der Waals surface area contributed by atoms with E-state index < -0.39 is 52.0 Å². The number of hydrogen-bond donors (Lipinski definition) is 5. The van der Waals surface area contributed by atoms with Crippen LogP contribution >= 0.6 is 0 Å². The maximum Gasteiger partial charge on any atom is 0.255 e. The molecule has 0 bridgehead atoms. The molecule has 158 valence electrons. The monoisotopic (exact) mass is 414 g/mol. The summed E-state index contributed by atoms with van der Waals surface area (Å²) >= 11 is 0. The van der Waals surface area contributed by atoms with E-state index in [1.165, 1.54) is 0 Å². The fraction of sp³-hybridized carbons (Fsp3) is 0.381. The maximum atomic E-state index is 13.3. The molecular formula is C21H22N2O7. The number of amides is 1. The van der Waals surface area contributed by atoms with Crippen molar-refractivity contribution in [2.75, 3.05) is 19.0 Å². The number of fused-ring (bicyclic) bond motifs is 3. The second-order valence-corrected chi connectivity index (χ2v) is 8.27. The molecule has 6 N–H and O–H groups in total. The van der Waals surface area contributed by atoms with Gasteiger partial charge in [-0.15, -0.1) is 0 Å². The lowest BCUT2D eigenvalue weighted by atomic mass is 9.60. The summed E-state index contributed by atoms with van der Waals surface area (Å²) in [4.78, 5) is 39.4. The third-order valence-electron chi connectivity index (χ3n) is 6.39. The van der Waals surface area contributed by atoms with Gasteiger partial charge in [0, 0.05) is 32.0 Å². The number of hydrogen-bond acceptors (Lipinski definition) is 8. The number of allylic oxidation sites excluding steroid dienone is 2. The number of nitrogens with two attached hydrogens (primary N) is 1. The van der Waals surface area contributed by atoms with Gasteiger partial charge in [0.15, 0.2) is 11.4 Å². The molecule has 9 heteroatoms. The molecule has 0 radical (unpaired) electrons. The summed E-state index contributed by atoms with van der Waals surface area (Å²) in [6.45, 7) is 0. The second-order valence-electron chi connectivity index (χ2n) is 8.27. The lowest BCUT2D eigenvalue weighted by Crippen LogP contribution is -2.57. The Hall–Kier alpha value is -3.33. The number of rotatable bonds is 2. The van der Waals surface area contributed by atoms with Crippen molar-refractivity contribution in [1.29, 1.82) is 0 Å². The second kappa shape index (κ2) is 6.33. The molecule has 0 spiro atoms. The number of phenolic OH excluding ortho intramolecular Hbond substituents is 1. The number of carbonyl (C=O) groups is 3. The number of nitrogens with zero attached hydrogens (tertiary/aromatic N) is 1. The van der Waals surface area contributed by atoms with E-state index >= 15 is 0 Å². The largest absolute Gasteiger partial charge is 0.511 e. The van der Waals surface area contributed by atoms with Crippen LogP contribution < -0.4 is 10.6 Å². The third-order valence-corrected chi connectivity index (χ3v) is 6.39. The minimum Gasteiger partial charge on any atom is -0.511 e. The van der Waals surface area contributed by atoms with Crippen molar-refractivity contribution < 1.29 is 34.8 Å². The van der Waals surface area contributed by atoms with Crippen LogP contribution in [0.1, 0.15) is 28.8 Å². The third kappa shape index (κ3) is 2.41. The summed E-state index contributed by atoms with van der Waals surface area (Å²) < 4.78 is 0. The molecule has 1 aromatic rings. The summed E-state index contributed by atoms with van der Waals surface area (Å²) in [7, 11) is 3.40. The van der Waals surface area contributed by atoms with E-state index in [9.17, 15) is 34.8 Å². The van der Waals surface area contributed by atoms with Crippen molar-refractivity contribution in [3.63, 3.8) is 0 Å². The van der Waals surface area contributed by atoms with Crippen LogP contribution in [-0.4, -0.2) is 57.6 Å². The molecule has 0 unspecified atom stereocenters. The number of aliphatic hydroxyl groups excluding tert-OH is 2. The van der Waals surface area contributed by atoms with Gasteiger partial charge in [-0.1, -0.05) is 6.07 Å². The normalized spacial score (nSPS) is 28.1. The first-order chi connectivity index (χ1) is 14.0. The number of ketones is 2. The molecule has 1 amide bonds. The zero-order valence-electron chi connectivity index (χ0n) is 16.5. The minimum atomic E-state index is -2.54. The Bertz CT molecular complexity index is 1090. The van der Waals surface area contributed by atoms with Gasteiger partial charge in [0.05, 0.1) is 11.3 Å². The number of anilines is 1. The van der Waals surface area contributed by atoms with E-state index in [2.05, 4.69) is 0 Å². The lowest BCUT2D eigenvalue weighted by molar-refractivity contribution is -0.144. The maximum absolute atomic E-state index is 13.3. The fourth-order valence-corrected chi connectivity index (χ4v) is 4.94. The lowest BCUT2D eigenvalue weighted by Gasteiger charge is -2.45. The van der Waals surface area contributed by atoms with Gasteiger partial charge in [0.25, 0.3) is 5.91 Å². The summed E-state index contributed by atoms with van der Waals surface area (Å²) in [6.07, 6.45) is 0.189. The van der Waals surface area contributed by atoms with Crippen LogP contribution in [0.4, 0.5) is 5.69 Å². The highest BCUT2D eigenvalue weighted by Crippen LogP contribution is 2.51. The van der Waals surface area contributed by atoms with Crippen LogP contribution in [0.25, 0.3) is 0 Å². The number of Topliss-reactive ketones (excluding diaryl/α,β-unsaturated/α-hetero) is 2. The summed E-state index contributed by atoms with van der Waals surface area (Å²) in [6, 6.07) is 3.42. The quantitative estimate of drug-likeness (QED) is 0.441. The predicted octanol–water partition coefficient (Wildman–Crippen LogP) is 0.646. The molecule has 4 rings (SSSR count). The van der Waals surface area contributed by atoms with Crippen molar-refractivity contribution in [3.05, 3.63) is 45.9 Å². The van der Waals surface area contributed by atoms with Gasteiger partial charge in [-0.05, 0) is 30.4 Å². The van der Waals surface area contributed by atoms with Crippen LogP contribution in [0.15, 0.2) is 34.8 Å². The van der Waals surface area contributed by atoms with Crippen LogP contribution in [0, 0.1) is 11.8 Å². The Balaban J connectivity index is 1.90. The Morgan fingerprint density at radius 1 is 1.17 bits per heavy atom. The molecule has 0 fully saturated rings. The van der Waals surface area contributed by atoms with E-state index in [-0.39, 0.29) is 29.7 Å². The standard InChI is InChI=1S/C21H22N2O7/c1-23(2)11-4-3-8-5-9-6-10-7-12(24)15(20(22)29)19(28)21(10,30)18(27)14(9)17(26)13(8)16(11)25/h3-4,9-10,24-25,27,30H,5-7H2,1-2H3,(H2,22,29)/t9-,10-,21-/m0/s1. The predicted molar refractivity (Wildman–Crippen MR) is 105 cm³/mol. The number of primary amides is 1. The van der Waals surface area contributed by atoms with Crippen LogP contribution in [0.2, 0.25) is 0 Å². The number of benzene rings is 1. The molecule has 3 aliphatic rings. The van der Waals surface area contributed by atoms with E-state index in [1.807, 2.05) is 0 Å². The molecule has 30 heavy (non-hydrogen) atoms. The molecule has 0 saturated heterocycles. The summed E-state index contributed by atoms with van der Waals surface area (Å²) in [5, 5.41) is 42.8. The average molecular weight is 414 g/mol. The highest BCUT2D eigenvalue weighted by molar-refractivity contribution is 6.24. The molecule has 3 aliphatic carbocycles. The van der Waals surface area contributed by atoms with Gasteiger partial charge >= 0.3 is 0 Å². The number of phenols is 1. The molecule has 0 saturated carbocycles. The van der Waals surface area contributed by atoms with Crippen molar-refractivity contribution in [1.82, 2.24) is 0 Å². The highest BCUT2D eigenvalue weighted by Gasteiger charge is 2.59. The first-order valence-electron chi connectivity index (χ1n) is 9.49. The summed E-state index contributed by atoms with van der Waals surface area (Å²) in [5.74, 6) is -6.20. The smallest absolute Gasteiger partial charge is 0.255 e. The molecule has 9 nitrogen and oxygen atoms in total. The van der Waals surface area contributed by atoms with Crippen LogP contribution in [0.5, 0.6) is 5.75 Å². The molecular weight excluding hydrogens is 392 g/mol. The van der Waals surface area contributed by atoms with Crippen LogP contribution in [0.3, 0.4) is 0 Å². The van der Waals surface area contributed by atoms with Crippen molar-refractivity contribution >= 4 is 23.2 Å². The first kappa shape index (κ1) is 20.0. The highest BCUT2D eigenvalue weighted by atomic mass is 16.3. The van der Waals surface area contributed by atoms with Crippen molar-refractivity contribution in [3.8, 4) is 5.75 Å². The Morgan fingerprint density at radius 3 is 2.43 bits per heavy atom. The molecule has 0 heterocycles. The Morgan fingerprint density at radius 2 is 1.83 bits per heavy atom. The molecule has 0 aliphatic heterocycles. The molecule has 3 atom stereocenters. The Labute approximate surface area is 171 Å². The minimum absolute atomic E-state index is 0.0119. The van der Waals surface area contributed by atoms with Gasteiger partial charge in [0.2, 0.25) is 5.78 Å². The van der Waals surface area contributed by atoms with Crippen molar-refractivity contribution in [2.24, 2.45) is 17.6 Å². The molecule has 1 aromatic carbocycles. The van der Waals surface area contributed by atoms with E-state index in [1.54, 1.807) is 31.1 Å². The zero-order chi connectivity index (χ0) is 22.1. The van der Waals surface area contributed by atoms with E-state index in [0.717, 1.165) is 0 Å². The number of carbonyl (C=O) groups excluding carboxylic acids is 3. The number of aromatic hydroxyl groups is 1. The van der Waals surface area contributed by atoms with E-state index in [0.29, 0.717) is 17.7 Å². The number of aliphatic hydroxyl groups is 3. The Kier molecular flexibility index (Phi) is 4.21. The first-order valence-corrected chi connectivity index (χ1v) is 9.49. The van der Waals surface area contributed by atoms with Gasteiger partial charge in [0.1, 0.15) is 22.8 Å². The topological polar surface area (TPSA) is 161 Å². The van der Waals surface area contributed by atoms with Crippen molar-refractivity contribution in [2.45, 2.75) is 24.9 Å². The van der Waals surface area contributed by atoms with Crippen LogP contribution in [-0.2, 0) is 16.0 Å². The molecule has 0 aromatic heterocycles. The SMILES string of the molecule is CN(C)c1ccc2c(c1O)C(=O)C1=C(O)[C@]3(O)C(=O)C(C(N)=O)=C(O)C[C@@H]3C[C@@H]1C2.